The molecule has 1 heterocycles. The van der Waals surface area contributed by atoms with Crippen LogP contribution in [0.25, 0.3) is 0 Å². The van der Waals surface area contributed by atoms with E-state index in [2.05, 4.69) is 15.4 Å². The van der Waals surface area contributed by atoms with E-state index in [1.807, 2.05) is 0 Å². The Labute approximate surface area is 161 Å². The second-order valence-electron chi connectivity index (χ2n) is 6.01. The summed E-state index contributed by atoms with van der Waals surface area (Å²) in [5.74, 6) is -0.202. The number of nitrogens with one attached hydrogen (secondary N) is 2. The smallest absolute Gasteiger partial charge is 0.325 e. The summed E-state index contributed by atoms with van der Waals surface area (Å²) in [7, 11) is 1.24. The Bertz CT molecular complexity index is 896. The van der Waals surface area contributed by atoms with Crippen molar-refractivity contribution in [3.05, 3.63) is 53.6 Å². The number of amides is 2. The number of carbonyl (C=O) groups is 3. The third kappa shape index (κ3) is 4.79. The number of esters is 1. The standard InChI is InChI=1S/C20H20N2O6/c1-26-18(23)12-21-19(24)13-4-2-5-15(10-13)22-20(25)14-6-7-16-17(11-14)28-9-3-8-27-16/h2,4-7,10-11H,3,8-9,12H2,1H3,(H,21,24)(H,22,25). The number of benzene rings is 2. The Kier molecular flexibility index (Phi) is 6.11. The van der Waals surface area contributed by atoms with Crippen molar-refractivity contribution >= 4 is 23.5 Å². The van der Waals surface area contributed by atoms with Gasteiger partial charge < -0.3 is 24.8 Å². The normalized spacial score (nSPS) is 12.5. The minimum atomic E-state index is -0.549. The number of carbonyl (C=O) groups excluding carboxylic acids is 3. The Hall–Kier alpha value is -3.55. The summed E-state index contributed by atoms with van der Waals surface area (Å²) < 4.78 is 15.6. The van der Waals surface area contributed by atoms with Gasteiger partial charge in [0.2, 0.25) is 0 Å². The fourth-order valence-corrected chi connectivity index (χ4v) is 2.57. The average molecular weight is 384 g/mol. The fourth-order valence-electron chi connectivity index (χ4n) is 2.57. The summed E-state index contributed by atoms with van der Waals surface area (Å²) in [4.78, 5) is 35.8. The molecule has 146 valence electrons. The van der Waals surface area contributed by atoms with Gasteiger partial charge in [-0.15, -0.1) is 0 Å². The molecule has 0 aliphatic carbocycles. The first kappa shape index (κ1) is 19.2. The zero-order valence-electron chi connectivity index (χ0n) is 15.3. The van der Waals surface area contributed by atoms with Gasteiger partial charge in [-0.1, -0.05) is 6.07 Å². The molecule has 3 rings (SSSR count). The molecule has 2 aromatic rings. The van der Waals surface area contributed by atoms with E-state index in [1.54, 1.807) is 36.4 Å². The van der Waals surface area contributed by atoms with Crippen molar-refractivity contribution in [2.45, 2.75) is 6.42 Å². The molecule has 0 saturated heterocycles. The third-order valence-corrected chi connectivity index (χ3v) is 4.01. The van der Waals surface area contributed by atoms with Crippen molar-refractivity contribution in [3.63, 3.8) is 0 Å². The van der Waals surface area contributed by atoms with E-state index in [0.717, 1.165) is 6.42 Å². The van der Waals surface area contributed by atoms with Crippen molar-refractivity contribution in [3.8, 4) is 11.5 Å². The topological polar surface area (TPSA) is 103 Å². The summed E-state index contributed by atoms with van der Waals surface area (Å²) in [5.41, 5.74) is 1.16. The molecular weight excluding hydrogens is 364 g/mol. The van der Waals surface area contributed by atoms with Crippen molar-refractivity contribution in [1.29, 1.82) is 0 Å². The highest BCUT2D eigenvalue weighted by molar-refractivity contribution is 6.05. The highest BCUT2D eigenvalue weighted by Gasteiger charge is 2.15. The van der Waals surface area contributed by atoms with Gasteiger partial charge >= 0.3 is 5.97 Å². The molecule has 2 aromatic carbocycles. The molecule has 0 saturated carbocycles. The Morgan fingerprint density at radius 3 is 2.50 bits per heavy atom. The van der Waals surface area contributed by atoms with E-state index < -0.39 is 11.9 Å². The van der Waals surface area contributed by atoms with E-state index in [0.29, 0.717) is 41.5 Å². The summed E-state index contributed by atoms with van der Waals surface area (Å²) >= 11 is 0. The summed E-state index contributed by atoms with van der Waals surface area (Å²) in [6.07, 6.45) is 0.779. The van der Waals surface area contributed by atoms with Crippen molar-refractivity contribution in [1.82, 2.24) is 5.32 Å². The molecule has 0 aromatic heterocycles. The van der Waals surface area contributed by atoms with Crippen molar-refractivity contribution in [2.75, 3.05) is 32.2 Å². The first-order chi connectivity index (χ1) is 13.6. The lowest BCUT2D eigenvalue weighted by molar-refractivity contribution is -0.139. The average Bonchev–Trinajstić information content (AvgIpc) is 2.96. The van der Waals surface area contributed by atoms with Crippen LogP contribution in [0.5, 0.6) is 11.5 Å². The van der Waals surface area contributed by atoms with Gasteiger partial charge in [-0.3, -0.25) is 14.4 Å². The van der Waals surface area contributed by atoms with E-state index in [4.69, 9.17) is 9.47 Å². The number of fused-ring (bicyclic) bond motifs is 1. The molecule has 0 unspecified atom stereocenters. The van der Waals surface area contributed by atoms with E-state index in [9.17, 15) is 14.4 Å². The molecular formula is C20H20N2O6. The quantitative estimate of drug-likeness (QED) is 0.765. The maximum atomic E-state index is 12.6. The van der Waals surface area contributed by atoms with Crippen LogP contribution in [0.15, 0.2) is 42.5 Å². The van der Waals surface area contributed by atoms with Crippen LogP contribution < -0.4 is 20.1 Å². The fraction of sp³-hybridized carbons (Fsp3) is 0.250. The first-order valence-electron chi connectivity index (χ1n) is 8.73. The van der Waals surface area contributed by atoms with Crippen LogP contribution in [0.1, 0.15) is 27.1 Å². The molecule has 1 aliphatic rings. The minimum Gasteiger partial charge on any atom is -0.490 e. The van der Waals surface area contributed by atoms with Gasteiger partial charge in [-0.05, 0) is 36.4 Å². The van der Waals surface area contributed by atoms with Crippen LogP contribution in [-0.4, -0.2) is 44.7 Å². The molecule has 0 bridgehead atoms. The van der Waals surface area contributed by atoms with Gasteiger partial charge in [0.05, 0.1) is 20.3 Å². The predicted octanol–water partition coefficient (Wildman–Crippen LogP) is 2.00. The molecule has 0 spiro atoms. The molecule has 2 N–H and O–H groups in total. The maximum absolute atomic E-state index is 12.6. The van der Waals surface area contributed by atoms with E-state index >= 15 is 0 Å². The lowest BCUT2D eigenvalue weighted by atomic mass is 10.1. The Balaban J connectivity index is 1.68. The number of anilines is 1. The predicted molar refractivity (Wildman–Crippen MR) is 101 cm³/mol. The number of methoxy groups -OCH3 is 1. The third-order valence-electron chi connectivity index (χ3n) is 4.01. The van der Waals surface area contributed by atoms with Gasteiger partial charge in [0, 0.05) is 23.2 Å². The van der Waals surface area contributed by atoms with E-state index in [-0.39, 0.29) is 12.5 Å². The monoisotopic (exact) mass is 384 g/mol. The van der Waals surface area contributed by atoms with Crippen molar-refractivity contribution < 1.29 is 28.6 Å². The zero-order chi connectivity index (χ0) is 19.9. The highest BCUT2D eigenvalue weighted by atomic mass is 16.5. The van der Waals surface area contributed by atoms with Crippen LogP contribution in [0, 0.1) is 0 Å². The van der Waals surface area contributed by atoms with Gasteiger partial charge in [-0.25, -0.2) is 0 Å². The molecule has 0 radical (unpaired) electrons. The summed E-state index contributed by atoms with van der Waals surface area (Å²) in [6, 6.07) is 11.4. The summed E-state index contributed by atoms with van der Waals surface area (Å²) in [6.45, 7) is 0.868. The first-order valence-corrected chi connectivity index (χ1v) is 8.73. The van der Waals surface area contributed by atoms with E-state index in [1.165, 1.54) is 13.2 Å². The Morgan fingerprint density at radius 2 is 1.71 bits per heavy atom. The highest BCUT2D eigenvalue weighted by Crippen LogP contribution is 2.30. The van der Waals surface area contributed by atoms with Crippen LogP contribution in [0.3, 0.4) is 0 Å². The second-order valence-corrected chi connectivity index (χ2v) is 6.01. The Morgan fingerprint density at radius 1 is 0.964 bits per heavy atom. The summed E-state index contributed by atoms with van der Waals surface area (Å²) in [5, 5.41) is 5.19. The van der Waals surface area contributed by atoms with Crippen LogP contribution >= 0.6 is 0 Å². The van der Waals surface area contributed by atoms with Crippen LogP contribution in [0.2, 0.25) is 0 Å². The minimum absolute atomic E-state index is 0.233. The molecule has 8 heteroatoms. The number of ether oxygens (including phenoxy) is 3. The lowest BCUT2D eigenvalue weighted by Gasteiger charge is -2.11. The van der Waals surface area contributed by atoms with Crippen molar-refractivity contribution in [2.24, 2.45) is 0 Å². The number of hydrogen-bond acceptors (Lipinski definition) is 6. The number of hydrogen-bond donors (Lipinski definition) is 2. The maximum Gasteiger partial charge on any atom is 0.325 e. The molecule has 0 atom stereocenters. The SMILES string of the molecule is COC(=O)CNC(=O)c1cccc(NC(=O)c2ccc3c(c2)OCCCO3)c1. The zero-order valence-corrected chi connectivity index (χ0v) is 15.3. The molecule has 2 amide bonds. The van der Waals surface area contributed by atoms with Gasteiger partial charge in [-0.2, -0.15) is 0 Å². The van der Waals surface area contributed by atoms with Crippen LogP contribution in [-0.2, 0) is 9.53 Å². The number of rotatable bonds is 5. The molecule has 0 fully saturated rings. The second kappa shape index (κ2) is 8.90. The van der Waals surface area contributed by atoms with Gasteiger partial charge in [0.15, 0.2) is 11.5 Å². The molecule has 1 aliphatic heterocycles. The molecule has 8 nitrogen and oxygen atoms in total. The lowest BCUT2D eigenvalue weighted by Crippen LogP contribution is -2.30. The largest absolute Gasteiger partial charge is 0.490 e. The van der Waals surface area contributed by atoms with Gasteiger partial charge in [0.1, 0.15) is 6.54 Å². The van der Waals surface area contributed by atoms with Gasteiger partial charge in [0.25, 0.3) is 11.8 Å². The molecule has 28 heavy (non-hydrogen) atoms. The van der Waals surface area contributed by atoms with Crippen LogP contribution in [0.4, 0.5) is 5.69 Å².